The Morgan fingerprint density at radius 3 is 2.63 bits per heavy atom. The van der Waals surface area contributed by atoms with E-state index in [1.165, 1.54) is 4.88 Å². The first kappa shape index (κ1) is 14.9. The lowest BCUT2D eigenvalue weighted by atomic mass is 10.1. The zero-order chi connectivity index (χ0) is 13.8. The van der Waals surface area contributed by atoms with Crippen LogP contribution in [0.3, 0.4) is 0 Å². The van der Waals surface area contributed by atoms with Crippen LogP contribution in [0.15, 0.2) is 35.7 Å². The number of hydrogen-bond donors (Lipinski definition) is 1. The molecule has 2 aromatic rings. The molecule has 0 aliphatic heterocycles. The summed E-state index contributed by atoms with van der Waals surface area (Å²) in [6.07, 6.45) is 1.03. The lowest BCUT2D eigenvalue weighted by Crippen LogP contribution is -2.30. The van der Waals surface area contributed by atoms with Crippen LogP contribution in [0.4, 0.5) is 0 Å². The molecule has 0 aliphatic carbocycles. The van der Waals surface area contributed by atoms with Crippen molar-refractivity contribution in [3.63, 3.8) is 0 Å². The average Bonchev–Trinajstić information content (AvgIpc) is 2.81. The second-order valence-electron chi connectivity index (χ2n) is 4.74. The first-order valence-corrected chi connectivity index (χ1v) is 7.93. The number of thiophene rings is 1. The van der Waals surface area contributed by atoms with Gasteiger partial charge in [-0.25, -0.2) is 0 Å². The van der Waals surface area contributed by atoms with Crippen molar-refractivity contribution in [1.29, 1.82) is 0 Å². The second-order valence-corrected chi connectivity index (χ2v) is 6.61. The van der Waals surface area contributed by atoms with Gasteiger partial charge in [-0.15, -0.1) is 11.3 Å². The lowest BCUT2D eigenvalue weighted by molar-refractivity contribution is 0.479. The topological polar surface area (TPSA) is 12.0 Å². The summed E-state index contributed by atoms with van der Waals surface area (Å²) in [6.45, 7) is 4.32. The van der Waals surface area contributed by atoms with Crippen molar-refractivity contribution in [3.8, 4) is 0 Å². The number of nitrogens with one attached hydrogen (secondary N) is 1. The summed E-state index contributed by atoms with van der Waals surface area (Å²) in [4.78, 5) is 1.40. The van der Waals surface area contributed by atoms with E-state index in [2.05, 4.69) is 36.7 Å². The Morgan fingerprint density at radius 1 is 1.21 bits per heavy atom. The van der Waals surface area contributed by atoms with Gasteiger partial charge in [0.15, 0.2) is 0 Å². The highest BCUT2D eigenvalue weighted by atomic mass is 35.5. The fourth-order valence-electron chi connectivity index (χ4n) is 2.16. The zero-order valence-electron chi connectivity index (χ0n) is 11.0. The molecule has 0 spiro atoms. The molecule has 0 bridgehead atoms. The Bertz CT molecular complexity index is 525. The van der Waals surface area contributed by atoms with Gasteiger partial charge in [0.1, 0.15) is 0 Å². The average molecular weight is 314 g/mol. The van der Waals surface area contributed by atoms with Crippen molar-refractivity contribution < 1.29 is 0 Å². The Kier molecular flexibility index (Phi) is 5.28. The molecule has 19 heavy (non-hydrogen) atoms. The standard InChI is InChI=1S/C15H17Cl2NS/c1-10(8-13-4-3-7-19-13)18-11(2)14-6-5-12(16)9-15(14)17/h3-7,9-11,18H,8H2,1-2H3. The lowest BCUT2D eigenvalue weighted by Gasteiger charge is -2.21. The predicted molar refractivity (Wildman–Crippen MR) is 85.5 cm³/mol. The number of benzene rings is 1. The van der Waals surface area contributed by atoms with E-state index in [4.69, 9.17) is 23.2 Å². The van der Waals surface area contributed by atoms with Gasteiger partial charge in [-0.2, -0.15) is 0 Å². The molecule has 2 rings (SSSR count). The maximum Gasteiger partial charge on any atom is 0.0468 e. The molecule has 0 amide bonds. The summed E-state index contributed by atoms with van der Waals surface area (Å²) in [5.41, 5.74) is 1.09. The molecule has 0 radical (unpaired) electrons. The normalized spacial score (nSPS) is 14.3. The molecule has 0 saturated heterocycles. The number of rotatable bonds is 5. The van der Waals surface area contributed by atoms with E-state index in [-0.39, 0.29) is 6.04 Å². The molecule has 1 aromatic heterocycles. The van der Waals surface area contributed by atoms with Gasteiger partial charge in [0, 0.05) is 27.0 Å². The van der Waals surface area contributed by atoms with Crippen LogP contribution in [0.25, 0.3) is 0 Å². The van der Waals surface area contributed by atoms with Crippen molar-refractivity contribution in [3.05, 3.63) is 56.2 Å². The van der Waals surface area contributed by atoms with Gasteiger partial charge in [0.25, 0.3) is 0 Å². The molecule has 4 heteroatoms. The summed E-state index contributed by atoms with van der Waals surface area (Å²) < 4.78 is 0. The molecule has 1 heterocycles. The third-order valence-corrected chi connectivity index (χ3v) is 4.51. The van der Waals surface area contributed by atoms with Gasteiger partial charge in [-0.05, 0) is 49.4 Å². The Morgan fingerprint density at radius 2 is 2.00 bits per heavy atom. The monoisotopic (exact) mass is 313 g/mol. The first-order valence-electron chi connectivity index (χ1n) is 6.29. The third kappa shape index (κ3) is 4.22. The Labute approximate surface area is 128 Å². The number of hydrogen-bond acceptors (Lipinski definition) is 2. The molecule has 0 fully saturated rings. The van der Waals surface area contributed by atoms with E-state index in [1.807, 2.05) is 12.1 Å². The molecule has 1 aromatic carbocycles. The van der Waals surface area contributed by atoms with Gasteiger partial charge in [-0.1, -0.05) is 35.3 Å². The van der Waals surface area contributed by atoms with E-state index in [0.717, 1.165) is 17.0 Å². The highest BCUT2D eigenvalue weighted by Crippen LogP contribution is 2.26. The van der Waals surface area contributed by atoms with Gasteiger partial charge >= 0.3 is 0 Å². The minimum atomic E-state index is 0.208. The summed E-state index contributed by atoms with van der Waals surface area (Å²) in [5, 5.41) is 7.08. The quantitative estimate of drug-likeness (QED) is 0.786. The molecular formula is C15H17Cl2NS. The summed E-state index contributed by atoms with van der Waals surface area (Å²) in [6, 6.07) is 10.5. The van der Waals surface area contributed by atoms with Crippen LogP contribution in [0.5, 0.6) is 0 Å². The summed E-state index contributed by atoms with van der Waals surface area (Å²) in [7, 11) is 0. The SMILES string of the molecule is CC(Cc1cccs1)NC(C)c1ccc(Cl)cc1Cl. The van der Waals surface area contributed by atoms with Crippen molar-refractivity contribution in [1.82, 2.24) is 5.32 Å². The summed E-state index contributed by atoms with van der Waals surface area (Å²) in [5.74, 6) is 0. The summed E-state index contributed by atoms with van der Waals surface area (Å²) >= 11 is 13.9. The molecule has 2 atom stereocenters. The number of halogens is 2. The van der Waals surface area contributed by atoms with Gasteiger partial charge in [0.05, 0.1) is 0 Å². The van der Waals surface area contributed by atoms with Crippen LogP contribution in [-0.2, 0) is 6.42 Å². The fourth-order valence-corrected chi connectivity index (χ4v) is 3.57. The van der Waals surface area contributed by atoms with Crippen LogP contribution < -0.4 is 5.32 Å². The first-order chi connectivity index (χ1) is 9.06. The van der Waals surface area contributed by atoms with Crippen LogP contribution in [-0.4, -0.2) is 6.04 Å². The molecule has 1 N–H and O–H groups in total. The van der Waals surface area contributed by atoms with Crippen LogP contribution in [0, 0.1) is 0 Å². The Balaban J connectivity index is 1.98. The van der Waals surface area contributed by atoms with Crippen LogP contribution in [0.2, 0.25) is 10.0 Å². The molecule has 102 valence electrons. The highest BCUT2D eigenvalue weighted by molar-refractivity contribution is 7.09. The van der Waals surface area contributed by atoms with E-state index < -0.39 is 0 Å². The van der Waals surface area contributed by atoms with E-state index in [9.17, 15) is 0 Å². The smallest absolute Gasteiger partial charge is 0.0468 e. The van der Waals surface area contributed by atoms with Crippen molar-refractivity contribution >= 4 is 34.5 Å². The molecule has 2 unspecified atom stereocenters. The van der Waals surface area contributed by atoms with E-state index >= 15 is 0 Å². The largest absolute Gasteiger partial charge is 0.307 e. The Hall–Kier alpha value is -0.540. The minimum absolute atomic E-state index is 0.208. The maximum atomic E-state index is 6.23. The maximum absolute atomic E-state index is 6.23. The fraction of sp³-hybridized carbons (Fsp3) is 0.333. The van der Waals surface area contributed by atoms with E-state index in [1.54, 1.807) is 17.4 Å². The molecule has 0 aliphatic rings. The molecular weight excluding hydrogens is 297 g/mol. The van der Waals surface area contributed by atoms with Crippen molar-refractivity contribution in [2.75, 3.05) is 0 Å². The second kappa shape index (κ2) is 6.76. The third-order valence-electron chi connectivity index (χ3n) is 3.05. The van der Waals surface area contributed by atoms with Crippen LogP contribution >= 0.6 is 34.5 Å². The van der Waals surface area contributed by atoms with Crippen LogP contribution in [0.1, 0.15) is 30.3 Å². The minimum Gasteiger partial charge on any atom is -0.307 e. The molecule has 0 saturated carbocycles. The zero-order valence-corrected chi connectivity index (χ0v) is 13.3. The molecule has 1 nitrogen and oxygen atoms in total. The van der Waals surface area contributed by atoms with Gasteiger partial charge in [0.2, 0.25) is 0 Å². The van der Waals surface area contributed by atoms with Gasteiger partial charge in [-0.3, -0.25) is 0 Å². The van der Waals surface area contributed by atoms with Gasteiger partial charge < -0.3 is 5.32 Å². The van der Waals surface area contributed by atoms with E-state index in [0.29, 0.717) is 11.1 Å². The van der Waals surface area contributed by atoms with Crippen molar-refractivity contribution in [2.24, 2.45) is 0 Å². The predicted octanol–water partition coefficient (Wildman–Crippen LogP) is 5.34. The highest BCUT2D eigenvalue weighted by Gasteiger charge is 2.13. The van der Waals surface area contributed by atoms with Crippen molar-refractivity contribution in [2.45, 2.75) is 32.4 Å².